The van der Waals surface area contributed by atoms with E-state index in [9.17, 15) is 53.5 Å². The highest BCUT2D eigenvalue weighted by atomic mass is 32.2. The topological polar surface area (TPSA) is 503 Å². The number of aromatic nitrogens is 6. The molecular formula is C55H62N14O24S6. The highest BCUT2D eigenvalue weighted by Crippen LogP contribution is 2.50. The number of ether oxygens (including phenoxy) is 2. The number of nitrogens with zero attached hydrogens (tertiary/aromatic N) is 8. The number of nitrogens with one attached hydrogen (secondary N) is 6. The average Bonchev–Trinajstić information content (AvgIpc) is 0.756. The molecule has 0 unspecified atom stereocenters. The molecule has 0 saturated heterocycles. The fourth-order valence-electron chi connectivity index (χ4n) is 8.79. The number of phenolic OH excluding ortho intramolecular Hbond substituents is 2. The zero-order valence-corrected chi connectivity index (χ0v) is 58.1. The summed E-state index contributed by atoms with van der Waals surface area (Å²) in [5, 5.41) is 61.0. The molecule has 532 valence electrons. The van der Waals surface area contributed by atoms with Gasteiger partial charge in [-0.25, -0.2) is 19.4 Å². The molecule has 0 aliphatic heterocycles. The first-order valence-electron chi connectivity index (χ1n) is 28.4. The molecule has 2 aromatic heterocycles. The van der Waals surface area contributed by atoms with Crippen molar-refractivity contribution in [2.24, 2.45) is 20.5 Å². The number of hydrogen-bond acceptors (Lipinski definition) is 38. The first-order chi connectivity index (χ1) is 47.2. The normalized spacial score (nSPS) is 12.4. The van der Waals surface area contributed by atoms with Crippen LogP contribution in [0, 0.1) is 13.8 Å². The van der Waals surface area contributed by atoms with Gasteiger partial charge >= 0.3 is 11.4 Å². The molecule has 0 radical (unpaired) electrons. The molecule has 0 bridgehead atoms. The van der Waals surface area contributed by atoms with Gasteiger partial charge < -0.3 is 41.0 Å². The van der Waals surface area contributed by atoms with Crippen LogP contribution in [0.5, 0.6) is 11.5 Å². The molecule has 6 aromatic carbocycles. The van der Waals surface area contributed by atoms with Crippen molar-refractivity contribution in [3.8, 4) is 11.5 Å². The van der Waals surface area contributed by atoms with E-state index in [0.29, 0.717) is 67.7 Å². The van der Waals surface area contributed by atoms with Gasteiger partial charge in [0.1, 0.15) is 32.5 Å². The Bertz CT molecular complexity index is 4620. The number of azo groups is 2. The number of aromatic hydroxyl groups is 2. The lowest BCUT2D eigenvalue weighted by molar-refractivity contribution is -0.447. The Morgan fingerprint density at radius 1 is 0.485 bits per heavy atom. The summed E-state index contributed by atoms with van der Waals surface area (Å²) in [5.74, 6) is -2.08. The van der Waals surface area contributed by atoms with Gasteiger partial charge in [-0.1, -0.05) is 22.2 Å². The zero-order valence-electron chi connectivity index (χ0n) is 53.2. The van der Waals surface area contributed by atoms with Gasteiger partial charge in [-0.2, -0.15) is 53.6 Å². The third kappa shape index (κ3) is 19.9. The maximum Gasteiger partial charge on any atom is 0.351 e. The van der Waals surface area contributed by atoms with Crippen molar-refractivity contribution in [3.63, 3.8) is 0 Å². The molecule has 0 saturated carbocycles. The van der Waals surface area contributed by atoms with E-state index in [2.05, 4.69) is 91.5 Å². The minimum atomic E-state index is -4.42. The summed E-state index contributed by atoms with van der Waals surface area (Å²) in [6.45, 7) is 4.90. The van der Waals surface area contributed by atoms with Crippen LogP contribution in [0.15, 0.2) is 132 Å². The molecule has 0 spiro atoms. The van der Waals surface area contributed by atoms with Gasteiger partial charge in [-0.3, -0.25) is 26.7 Å². The number of phenols is 2. The van der Waals surface area contributed by atoms with E-state index >= 15 is 0 Å². The lowest BCUT2D eigenvalue weighted by Gasteiger charge is -2.16. The average molecular weight is 1500 g/mol. The quantitative estimate of drug-likeness (QED) is 0.00449. The summed E-state index contributed by atoms with van der Waals surface area (Å²) < 4.78 is 144. The van der Waals surface area contributed by atoms with Gasteiger partial charge in [0.15, 0.2) is 11.5 Å². The molecule has 0 atom stereocenters. The summed E-state index contributed by atoms with van der Waals surface area (Å²) in [6.07, 6.45) is 1.34. The summed E-state index contributed by atoms with van der Waals surface area (Å²) in [7, 11) is -11.3. The monoisotopic (exact) mass is 1490 g/mol. The van der Waals surface area contributed by atoms with Crippen LogP contribution in [0.25, 0.3) is 21.5 Å². The lowest BCUT2D eigenvalue weighted by atomic mass is 10.1. The summed E-state index contributed by atoms with van der Waals surface area (Å²) >= 11 is 0.931. The van der Waals surface area contributed by atoms with Crippen LogP contribution >= 0.6 is 24.1 Å². The van der Waals surface area contributed by atoms with Crippen molar-refractivity contribution in [2.45, 2.75) is 62.5 Å². The summed E-state index contributed by atoms with van der Waals surface area (Å²) in [6, 6.07) is 15.7. The maximum absolute atomic E-state index is 13.1. The van der Waals surface area contributed by atoms with Crippen molar-refractivity contribution in [1.82, 2.24) is 29.9 Å². The first kappa shape index (κ1) is 76.2. The third-order valence-corrected chi connectivity index (χ3v) is 19.6. The number of hydrogen-bond donors (Lipinski definition) is 8. The van der Waals surface area contributed by atoms with Crippen molar-refractivity contribution < 1.29 is 98.6 Å². The molecule has 0 amide bonds. The summed E-state index contributed by atoms with van der Waals surface area (Å²) in [4.78, 5) is 54.4. The predicted molar refractivity (Wildman–Crippen MR) is 353 cm³/mol. The fourth-order valence-corrected chi connectivity index (χ4v) is 13.1. The van der Waals surface area contributed by atoms with Gasteiger partial charge in [0, 0.05) is 50.3 Å². The Hall–Kier alpha value is -8.52. The Morgan fingerprint density at radius 2 is 0.869 bits per heavy atom. The number of aryl methyl sites for hydroxylation is 2. The Balaban J connectivity index is 0.862. The van der Waals surface area contributed by atoms with Gasteiger partial charge in [0.25, 0.3) is 40.5 Å². The van der Waals surface area contributed by atoms with E-state index in [4.69, 9.17) is 34.9 Å². The van der Waals surface area contributed by atoms with Crippen LogP contribution in [0.1, 0.15) is 30.4 Å². The van der Waals surface area contributed by atoms with E-state index < -0.39 is 73.1 Å². The molecule has 38 nitrogen and oxygen atoms in total. The van der Waals surface area contributed by atoms with Crippen LogP contribution < -0.4 is 32.6 Å². The molecule has 0 aliphatic rings. The number of benzene rings is 6. The Kier molecular flexibility index (Phi) is 26.6. The second kappa shape index (κ2) is 34.5. The van der Waals surface area contributed by atoms with E-state index in [1.54, 1.807) is 26.0 Å². The van der Waals surface area contributed by atoms with Gasteiger partial charge in [-0.05, 0) is 116 Å². The van der Waals surface area contributed by atoms with Crippen molar-refractivity contribution in [1.29, 1.82) is 0 Å². The number of fused-ring (bicyclic) bond motifs is 2. The lowest BCUT2D eigenvalue weighted by Crippen LogP contribution is -2.19. The van der Waals surface area contributed by atoms with Crippen LogP contribution in [0.3, 0.4) is 0 Å². The Labute approximate surface area is 572 Å². The molecule has 8 aromatic rings. The maximum atomic E-state index is 13.1. The SMILES string of the molecule is COOOSc1cc2cc(S(=O)(=O)OC)cc(Nc3nc(NCCCOCCCOCCCNc4nc(Nc5cc(S(=O)(=O)OC)cc6cc(SOOOC)c(N=Nc7ccc(C)cc7S(=O)(=O)OC)c(O)c56)[nH]c(=O)n4)nc(=O)[nH]3)c2c(O)c1N=Nc1ccc(C)cc1S(=O)(=O)OC. The van der Waals surface area contributed by atoms with E-state index in [0.717, 1.165) is 54.8 Å². The van der Waals surface area contributed by atoms with Crippen LogP contribution in [0.4, 0.5) is 57.9 Å². The third-order valence-electron chi connectivity index (χ3n) is 13.3. The largest absolute Gasteiger partial charge is 0.505 e. The molecular weight excluding hydrogens is 1430 g/mol. The number of anilines is 6. The molecule has 0 aliphatic carbocycles. The predicted octanol–water partition coefficient (Wildman–Crippen LogP) is 8.40. The van der Waals surface area contributed by atoms with Crippen LogP contribution in [-0.4, -0.2) is 156 Å². The van der Waals surface area contributed by atoms with Gasteiger partial charge in [0.05, 0.1) is 97.7 Å². The van der Waals surface area contributed by atoms with E-state index in [1.807, 2.05) is 0 Å². The summed E-state index contributed by atoms with van der Waals surface area (Å²) in [5.41, 5.74) is -1.92. The van der Waals surface area contributed by atoms with E-state index in [1.165, 1.54) is 48.5 Å². The number of rotatable bonds is 38. The molecule has 2 heterocycles. The molecule has 0 fully saturated rings. The van der Waals surface area contributed by atoms with Gasteiger partial charge in [-0.15, -0.1) is 29.1 Å². The first-order valence-corrected chi connectivity index (χ1v) is 35.5. The van der Waals surface area contributed by atoms with Crippen molar-refractivity contribution in [2.75, 3.05) is 103 Å². The molecule has 8 rings (SSSR count). The van der Waals surface area contributed by atoms with E-state index in [-0.39, 0.29) is 125 Å². The minimum Gasteiger partial charge on any atom is -0.505 e. The highest BCUT2D eigenvalue weighted by Gasteiger charge is 2.27. The number of aromatic amines is 2. The fraction of sp³-hybridized carbons (Fsp3) is 0.309. The smallest absolute Gasteiger partial charge is 0.351 e. The van der Waals surface area contributed by atoms with Gasteiger partial charge in [0.2, 0.25) is 23.8 Å². The van der Waals surface area contributed by atoms with Crippen molar-refractivity contribution >= 4 is 144 Å². The molecule has 44 heteroatoms. The van der Waals surface area contributed by atoms with Crippen LogP contribution in [-0.2, 0) is 95.2 Å². The molecule has 99 heavy (non-hydrogen) atoms. The zero-order chi connectivity index (χ0) is 71.7. The van der Waals surface area contributed by atoms with Crippen molar-refractivity contribution in [3.05, 3.63) is 105 Å². The minimum absolute atomic E-state index is 0.0359. The second-order valence-electron chi connectivity index (χ2n) is 19.9. The number of H-pyrrole nitrogens is 2. The Morgan fingerprint density at radius 3 is 1.24 bits per heavy atom. The molecule has 8 N–H and O–H groups in total. The second-order valence-corrected chi connectivity index (χ2v) is 28.2. The standard InChI is InChI=1S/C55H62N14O24S6/c1-30-12-14-36(42(22-30)98(78,79)86-7)66-68-46-40(94-92-90-82-3)26-32-24-34(96(74,75)84-5)28-38(44(32)48(46)70)58-52-60-50(62-54(72)64-52)56-16-9-18-88-20-11-21-89-19-10-17-57-51-61-53(65-55(73)63-51)59-39-29-35(97(76,77)85-6)25-33-27-41(95-93-91-83-4)47(49(71)45(33)39)69-67-37-15-13-31(2)23-43(37)99(80,81)87-8/h12-15,22-29,70-71H,9-11,16-21H2,1-8H3,(H3,56,58,60,62,64,72)(H3,57,59,61,63,65,73). The highest BCUT2D eigenvalue weighted by molar-refractivity contribution is 7.95. The van der Waals surface area contributed by atoms with Crippen LogP contribution in [0.2, 0.25) is 0 Å².